The molecule has 1 aliphatic rings. The molecule has 62 valence electrons. The molecule has 0 aromatic heterocycles. The average Bonchev–Trinajstić information content (AvgIpc) is 1.93. The van der Waals surface area contributed by atoms with Crippen molar-refractivity contribution >= 4 is 12.1 Å². The van der Waals surface area contributed by atoms with E-state index in [-0.39, 0.29) is 6.03 Å². The number of hydrazine groups is 1. The number of urea groups is 2. The van der Waals surface area contributed by atoms with E-state index in [1.165, 1.54) is 0 Å². The monoisotopic (exact) mass is 158 g/mol. The summed E-state index contributed by atoms with van der Waals surface area (Å²) in [7, 11) is 0. The van der Waals surface area contributed by atoms with Crippen LogP contribution in [0.1, 0.15) is 6.42 Å². The molecule has 0 atom stereocenters. The van der Waals surface area contributed by atoms with Crippen LogP contribution in [-0.2, 0) is 0 Å². The van der Waals surface area contributed by atoms with Gasteiger partial charge in [-0.25, -0.2) is 20.0 Å². The zero-order chi connectivity index (χ0) is 8.27. The van der Waals surface area contributed by atoms with Gasteiger partial charge in [-0.15, -0.1) is 0 Å². The first-order valence-electron chi connectivity index (χ1n) is 3.31. The second-order valence-corrected chi connectivity index (χ2v) is 2.21. The quantitative estimate of drug-likeness (QED) is 0.456. The molecular weight excluding hydrogens is 148 g/mol. The molecule has 6 heteroatoms. The van der Waals surface area contributed by atoms with E-state index in [0.717, 1.165) is 11.4 Å². The van der Waals surface area contributed by atoms with E-state index >= 15 is 0 Å². The van der Waals surface area contributed by atoms with Gasteiger partial charge >= 0.3 is 12.1 Å². The molecule has 1 saturated heterocycles. The maximum absolute atomic E-state index is 10.9. The summed E-state index contributed by atoms with van der Waals surface area (Å²) >= 11 is 0. The highest BCUT2D eigenvalue weighted by Crippen LogP contribution is 1.93. The lowest BCUT2D eigenvalue weighted by atomic mass is 10.4. The highest BCUT2D eigenvalue weighted by atomic mass is 16.2. The lowest BCUT2D eigenvalue weighted by Crippen LogP contribution is -2.56. The van der Waals surface area contributed by atoms with Crippen LogP contribution < -0.4 is 16.5 Å². The van der Waals surface area contributed by atoms with Crippen LogP contribution >= 0.6 is 0 Å². The third kappa shape index (κ3) is 1.99. The van der Waals surface area contributed by atoms with Crippen LogP contribution in [0.4, 0.5) is 9.59 Å². The molecule has 0 spiro atoms. The number of primary amides is 1. The highest BCUT2D eigenvalue weighted by molar-refractivity contribution is 5.79. The molecule has 1 fully saturated rings. The molecular formula is C5H10N4O2. The normalized spacial score (nSPS) is 17.5. The van der Waals surface area contributed by atoms with Gasteiger partial charge in [-0.05, 0) is 6.42 Å². The maximum atomic E-state index is 10.9. The Balaban J connectivity index is 2.42. The minimum Gasteiger partial charge on any atom is -0.350 e. The number of carbonyl (C=O) groups excluding carboxylic acids is 2. The van der Waals surface area contributed by atoms with Gasteiger partial charge in [0.05, 0.1) is 0 Å². The van der Waals surface area contributed by atoms with Crippen molar-refractivity contribution in [2.45, 2.75) is 6.42 Å². The van der Waals surface area contributed by atoms with Crippen molar-refractivity contribution in [2.24, 2.45) is 5.73 Å². The fourth-order valence-electron chi connectivity index (χ4n) is 0.869. The maximum Gasteiger partial charge on any atom is 0.336 e. The second kappa shape index (κ2) is 3.09. The molecule has 0 saturated carbocycles. The molecule has 0 aliphatic carbocycles. The number of carbonyl (C=O) groups is 2. The summed E-state index contributed by atoms with van der Waals surface area (Å²) in [6, 6.07) is -1.03. The fourth-order valence-corrected chi connectivity index (χ4v) is 0.869. The summed E-state index contributed by atoms with van der Waals surface area (Å²) < 4.78 is 0. The van der Waals surface area contributed by atoms with E-state index < -0.39 is 6.03 Å². The van der Waals surface area contributed by atoms with E-state index in [1.54, 1.807) is 0 Å². The van der Waals surface area contributed by atoms with Crippen molar-refractivity contribution < 1.29 is 9.59 Å². The van der Waals surface area contributed by atoms with Crippen molar-refractivity contribution in [1.29, 1.82) is 0 Å². The van der Waals surface area contributed by atoms with E-state index in [4.69, 9.17) is 5.73 Å². The number of nitrogens with one attached hydrogen (secondary N) is 2. The molecule has 11 heavy (non-hydrogen) atoms. The minimum absolute atomic E-state index is 0.310. The van der Waals surface area contributed by atoms with Gasteiger partial charge in [0, 0.05) is 13.1 Å². The summed E-state index contributed by atoms with van der Waals surface area (Å²) in [6.45, 7) is 1.16. The van der Waals surface area contributed by atoms with Gasteiger partial charge in [0.15, 0.2) is 0 Å². The van der Waals surface area contributed by atoms with Crippen LogP contribution in [0.15, 0.2) is 0 Å². The number of nitrogens with zero attached hydrogens (tertiary/aromatic N) is 1. The molecule has 4 N–H and O–H groups in total. The van der Waals surface area contributed by atoms with E-state index in [0.29, 0.717) is 13.1 Å². The predicted molar refractivity (Wildman–Crippen MR) is 37.4 cm³/mol. The third-order valence-electron chi connectivity index (χ3n) is 1.33. The number of nitrogens with two attached hydrogens (primary N) is 1. The average molecular weight is 158 g/mol. The Morgan fingerprint density at radius 1 is 1.73 bits per heavy atom. The van der Waals surface area contributed by atoms with Gasteiger partial charge in [-0.1, -0.05) is 0 Å². The van der Waals surface area contributed by atoms with Gasteiger partial charge in [0.2, 0.25) is 0 Å². The van der Waals surface area contributed by atoms with Gasteiger partial charge in [0.1, 0.15) is 0 Å². The van der Waals surface area contributed by atoms with Gasteiger partial charge < -0.3 is 11.1 Å². The third-order valence-corrected chi connectivity index (χ3v) is 1.33. The van der Waals surface area contributed by atoms with Gasteiger partial charge in [0.25, 0.3) is 0 Å². The van der Waals surface area contributed by atoms with Crippen LogP contribution in [-0.4, -0.2) is 30.2 Å². The molecule has 4 amide bonds. The SMILES string of the molecule is NC(=O)NN1CCCNC1=O. The first-order chi connectivity index (χ1) is 5.20. The number of hydrogen-bond donors (Lipinski definition) is 3. The molecule has 0 bridgehead atoms. The molecule has 0 radical (unpaired) electrons. The number of hydrogen-bond acceptors (Lipinski definition) is 2. The minimum atomic E-state index is -0.720. The van der Waals surface area contributed by atoms with Crippen LogP contribution in [0, 0.1) is 0 Å². The zero-order valence-electron chi connectivity index (χ0n) is 5.96. The standard InChI is InChI=1S/C5H10N4O2/c6-4(10)8-9-3-1-2-7-5(9)11/h1-3H2,(H,7,11)(H3,6,8,10). The topological polar surface area (TPSA) is 87.5 Å². The van der Waals surface area contributed by atoms with E-state index in [1.807, 2.05) is 0 Å². The highest BCUT2D eigenvalue weighted by Gasteiger charge is 2.17. The smallest absolute Gasteiger partial charge is 0.336 e. The van der Waals surface area contributed by atoms with Gasteiger partial charge in [-0.2, -0.15) is 0 Å². The Morgan fingerprint density at radius 2 is 2.45 bits per heavy atom. The van der Waals surface area contributed by atoms with Crippen molar-refractivity contribution in [2.75, 3.05) is 13.1 Å². The fraction of sp³-hybridized carbons (Fsp3) is 0.600. The zero-order valence-corrected chi connectivity index (χ0v) is 5.96. The van der Waals surface area contributed by atoms with Crippen LogP contribution in [0.3, 0.4) is 0 Å². The first kappa shape index (κ1) is 7.64. The van der Waals surface area contributed by atoms with Crippen molar-refractivity contribution in [1.82, 2.24) is 15.8 Å². The second-order valence-electron chi connectivity index (χ2n) is 2.21. The van der Waals surface area contributed by atoms with Crippen LogP contribution in [0.5, 0.6) is 0 Å². The predicted octanol–water partition coefficient (Wildman–Crippen LogP) is -1.02. The molecule has 1 heterocycles. The van der Waals surface area contributed by atoms with Gasteiger partial charge in [-0.3, -0.25) is 0 Å². The molecule has 6 nitrogen and oxygen atoms in total. The number of amides is 4. The Labute approximate surface area is 63.7 Å². The van der Waals surface area contributed by atoms with E-state index in [9.17, 15) is 9.59 Å². The lowest BCUT2D eigenvalue weighted by molar-refractivity contribution is 0.159. The molecule has 0 aromatic carbocycles. The number of rotatable bonds is 1. The Bertz CT molecular complexity index is 181. The molecule has 1 rings (SSSR count). The van der Waals surface area contributed by atoms with Crippen molar-refractivity contribution in [3.05, 3.63) is 0 Å². The van der Waals surface area contributed by atoms with E-state index in [2.05, 4.69) is 10.7 Å². The summed E-state index contributed by atoms with van der Waals surface area (Å²) in [4.78, 5) is 21.2. The molecule has 0 unspecified atom stereocenters. The molecule has 1 aliphatic heterocycles. The lowest BCUT2D eigenvalue weighted by Gasteiger charge is -2.26. The largest absolute Gasteiger partial charge is 0.350 e. The summed E-state index contributed by atoms with van der Waals surface area (Å²) in [6.07, 6.45) is 0.812. The van der Waals surface area contributed by atoms with Crippen LogP contribution in [0.2, 0.25) is 0 Å². The van der Waals surface area contributed by atoms with Crippen molar-refractivity contribution in [3.63, 3.8) is 0 Å². The summed E-state index contributed by atoms with van der Waals surface area (Å²) in [5, 5.41) is 3.71. The Kier molecular flexibility index (Phi) is 2.15. The summed E-state index contributed by atoms with van der Waals surface area (Å²) in [5.74, 6) is 0. The first-order valence-corrected chi connectivity index (χ1v) is 3.31. The Morgan fingerprint density at radius 3 is 3.00 bits per heavy atom. The summed E-state index contributed by atoms with van der Waals surface area (Å²) in [5.41, 5.74) is 7.01. The van der Waals surface area contributed by atoms with Crippen LogP contribution in [0.25, 0.3) is 0 Å². The Hall–Kier alpha value is -1.46. The molecule has 0 aromatic rings. The van der Waals surface area contributed by atoms with Crippen molar-refractivity contribution in [3.8, 4) is 0 Å².